The van der Waals surface area contributed by atoms with Gasteiger partial charge in [-0.2, -0.15) is 13.2 Å². The first-order valence-corrected chi connectivity index (χ1v) is 44.4. The van der Waals surface area contributed by atoms with Crippen LogP contribution in [0, 0.1) is 102 Å². The second-order valence-corrected chi connectivity index (χ2v) is 38.2. The molecular formula is C94H51F7N16O6S6. The Balaban J connectivity index is 0.000000132. The second kappa shape index (κ2) is 31.7. The molecule has 10 aliphatic carbocycles. The van der Waals surface area contributed by atoms with Gasteiger partial charge in [0.2, 0.25) is 45.0 Å². The molecule has 4 aromatic carbocycles. The predicted octanol–water partition coefficient (Wildman–Crippen LogP) is 22.9. The number of aryl methyl sites for hydroxylation is 1. The van der Waals surface area contributed by atoms with Crippen LogP contribution in [0.2, 0.25) is 0 Å². The highest BCUT2D eigenvalue weighted by Crippen LogP contribution is 2.62. The Kier molecular flexibility index (Phi) is 21.0. The van der Waals surface area contributed by atoms with Crippen molar-refractivity contribution in [2.24, 2.45) is 9.98 Å². The number of hydrogen-bond acceptors (Lipinski definition) is 24. The van der Waals surface area contributed by atoms with E-state index in [2.05, 4.69) is 51.5 Å². The third-order valence-corrected chi connectivity index (χ3v) is 30.5. The maximum absolute atomic E-state index is 14.2. The number of alkyl halides is 3. The zero-order valence-corrected chi connectivity index (χ0v) is 72.5. The zero-order chi connectivity index (χ0) is 91.3. The van der Waals surface area contributed by atoms with Crippen LogP contribution >= 0.6 is 68.0 Å². The standard InChI is InChI=1S/C33H10F4N8O2S2.C31H17F3N2O4S2.C30H24N6S2/c1-33(2)29-27(48-31(44-29)42-23-21(19(9-38)40-3)11-5-15(34)17(36)7-13(11)25(23)46)28-30(33)45-32(49-28)43-24-22(20(10-39)41-4)12-6-16(35)18(37)8-14(12)26(24)47;1-12-4-6-14-16(8-12)22(37)24(39)18(14)10-20-35-28-26(41-20)27-29(30(28,2)3)36-21(42-27)11-19-15-7-5-13(31(32,33)34)9-17(15)23(38)25(19)40;1-33-22(16-31)18-8-6-10-20(14-18)28-35-26-24(37-28)25-27(30(26)12-4-3-5-13-30)36-29(38-25)21-11-7-9-19(15-21)23(17-32)34-2/h5-8H,1-2H3;4-11H,1-3H3;14-15H,3-13H2/b21-19+,22-20?,42-23?,43-24?;18-10-,19-11-;22-18-,23-19+. The predicted molar refractivity (Wildman–Crippen MR) is 471 cm³/mol. The first-order valence-electron chi connectivity index (χ1n) is 39.5. The van der Waals surface area contributed by atoms with Crippen molar-refractivity contribution in [3.63, 3.8) is 0 Å². The molecule has 6 heterocycles. The number of fused-ring (bicyclic) bond motifs is 15. The Hall–Kier alpha value is -14.6. The second-order valence-electron chi connectivity index (χ2n) is 32.2. The van der Waals surface area contributed by atoms with Crippen molar-refractivity contribution in [1.29, 1.82) is 21.0 Å². The first kappa shape index (κ1) is 85.2. The Morgan fingerprint density at radius 1 is 0.426 bits per heavy atom. The van der Waals surface area contributed by atoms with Crippen LogP contribution in [0.1, 0.15) is 227 Å². The summed E-state index contributed by atoms with van der Waals surface area (Å²) < 4.78 is 96.0. The normalized spacial score (nSPS) is 19.7. The van der Waals surface area contributed by atoms with Crippen LogP contribution in [-0.2, 0) is 32.0 Å². The highest BCUT2D eigenvalue weighted by molar-refractivity contribution is 7.26. The summed E-state index contributed by atoms with van der Waals surface area (Å²) in [5, 5.41) is 41.0. The van der Waals surface area contributed by atoms with Gasteiger partial charge in [0.05, 0.1) is 136 Å². The number of aliphatic imine (C=N–C) groups is 2. The van der Waals surface area contributed by atoms with Crippen molar-refractivity contribution in [3.8, 4) is 53.5 Å². The minimum atomic E-state index is -4.64. The maximum Gasteiger partial charge on any atom is 0.416 e. The largest absolute Gasteiger partial charge is 0.416 e. The van der Waals surface area contributed by atoms with Gasteiger partial charge >= 0.3 is 6.18 Å². The van der Waals surface area contributed by atoms with E-state index in [4.69, 9.17) is 46.2 Å². The molecule has 6 aromatic heterocycles. The summed E-state index contributed by atoms with van der Waals surface area (Å²) in [7, 11) is 0. The molecule has 0 radical (unpaired) electrons. The van der Waals surface area contributed by atoms with Crippen molar-refractivity contribution < 1.29 is 59.5 Å². The molecule has 22 nitrogen and oxygen atoms in total. The number of thiazole rings is 6. The molecule has 0 unspecified atom stereocenters. The molecule has 35 heteroatoms. The molecule has 0 bridgehead atoms. The molecule has 0 atom stereocenters. The number of carbonyl (C=O) groups is 6. The summed E-state index contributed by atoms with van der Waals surface area (Å²) in [6.45, 7) is 38.9. The number of Topliss-reactive ketones (excluding diaryl/α,β-unsaturated/α-hetero) is 6. The quantitative estimate of drug-likeness (QED) is 0.0491. The van der Waals surface area contributed by atoms with Gasteiger partial charge in [-0.05, 0) is 185 Å². The van der Waals surface area contributed by atoms with E-state index in [1.807, 2.05) is 39.0 Å². The van der Waals surface area contributed by atoms with Crippen LogP contribution in [0.4, 0.5) is 41.0 Å². The van der Waals surface area contributed by atoms with Gasteiger partial charge in [-0.25, -0.2) is 97.9 Å². The monoisotopic (exact) mass is 1820 g/mol. The van der Waals surface area contributed by atoms with Crippen molar-refractivity contribution in [2.45, 2.75) is 128 Å². The van der Waals surface area contributed by atoms with Gasteiger partial charge in [-0.1, -0.05) is 77.9 Å². The minimum Gasteiger partial charge on any atom is -0.287 e. The topological polar surface area (TPSA) is 317 Å². The summed E-state index contributed by atoms with van der Waals surface area (Å²) in [6, 6.07) is 18.3. The number of carbonyl (C=O) groups excluding carboxylic acids is 6. The third kappa shape index (κ3) is 13.8. The van der Waals surface area contributed by atoms with E-state index in [1.165, 1.54) is 56.3 Å². The molecule has 0 saturated heterocycles. The van der Waals surface area contributed by atoms with Gasteiger partial charge in [0, 0.05) is 44.5 Å². The van der Waals surface area contributed by atoms with Crippen molar-refractivity contribution in [1.82, 2.24) is 29.9 Å². The van der Waals surface area contributed by atoms with Crippen molar-refractivity contribution in [3.05, 3.63) is 286 Å². The molecule has 1 spiro atoms. The van der Waals surface area contributed by atoms with Gasteiger partial charge in [0.25, 0.3) is 22.8 Å². The molecule has 0 aliphatic heterocycles. The lowest BCUT2D eigenvalue weighted by molar-refractivity contribution is -0.137. The smallest absolute Gasteiger partial charge is 0.287 e. The fourth-order valence-corrected chi connectivity index (χ4v) is 25.0. The zero-order valence-electron chi connectivity index (χ0n) is 67.6. The molecule has 1 fully saturated rings. The summed E-state index contributed by atoms with van der Waals surface area (Å²) >= 11 is 8.17. The number of nitrogens with zero attached hydrogens (tertiary/aromatic N) is 16. The van der Waals surface area contributed by atoms with E-state index in [1.54, 1.807) is 66.9 Å². The summed E-state index contributed by atoms with van der Waals surface area (Å²) in [4.78, 5) is 134. The van der Waals surface area contributed by atoms with E-state index in [0.29, 0.717) is 66.1 Å². The average molecular weight is 1830 g/mol. The number of nitriles is 4. The molecule has 10 aromatic rings. The van der Waals surface area contributed by atoms with Gasteiger partial charge in [-0.3, -0.25) is 28.8 Å². The van der Waals surface area contributed by atoms with Gasteiger partial charge < -0.3 is 0 Å². The molecule has 628 valence electrons. The Morgan fingerprint density at radius 3 is 1.20 bits per heavy atom. The summed E-state index contributed by atoms with van der Waals surface area (Å²) in [5.74, 6) is -9.75. The van der Waals surface area contributed by atoms with E-state index in [-0.39, 0.29) is 88.6 Å². The highest BCUT2D eigenvalue weighted by Gasteiger charge is 2.52. The number of hydrogen-bond donors (Lipinski definition) is 0. The first-order chi connectivity index (χ1) is 61.7. The summed E-state index contributed by atoms with van der Waals surface area (Å²) in [5.41, 5.74) is 5.40. The van der Waals surface area contributed by atoms with E-state index >= 15 is 0 Å². The highest BCUT2D eigenvalue weighted by atomic mass is 32.1. The molecule has 20 rings (SSSR count). The van der Waals surface area contributed by atoms with Crippen LogP contribution in [0.15, 0.2) is 117 Å². The van der Waals surface area contributed by atoms with Gasteiger partial charge in [-0.15, -0.1) is 45.3 Å². The molecule has 0 amide bonds. The average Bonchev–Trinajstić information content (AvgIpc) is 1.52. The van der Waals surface area contributed by atoms with Crippen molar-refractivity contribution >= 4 is 170 Å². The van der Waals surface area contributed by atoms with E-state index in [9.17, 15) is 80.5 Å². The number of benzene rings is 4. The number of aromatic nitrogens is 6. The van der Waals surface area contributed by atoms with E-state index in [0.717, 1.165) is 170 Å². The van der Waals surface area contributed by atoms with Crippen LogP contribution < -0.4 is 0 Å². The van der Waals surface area contributed by atoms with Crippen molar-refractivity contribution in [2.75, 3.05) is 0 Å². The molecule has 129 heavy (non-hydrogen) atoms. The third-order valence-electron chi connectivity index (χ3n) is 23.9. The van der Waals surface area contributed by atoms with Crippen LogP contribution in [0.5, 0.6) is 0 Å². The Bertz CT molecular complexity index is 7360. The van der Waals surface area contributed by atoms with Crippen LogP contribution in [0.3, 0.4) is 0 Å². The molecule has 10 aliphatic rings. The molecule has 1 saturated carbocycles. The lowest BCUT2D eigenvalue weighted by Crippen LogP contribution is -2.29. The van der Waals surface area contributed by atoms with E-state index < -0.39 is 91.9 Å². The lowest BCUT2D eigenvalue weighted by atomic mass is 9.72. The molecular weight excluding hydrogens is 1770 g/mol. The number of halogens is 7. The fraction of sp³-hybridized carbons (Fsp3) is 0.213. The maximum atomic E-state index is 14.2. The minimum absolute atomic E-state index is 0.00206. The summed E-state index contributed by atoms with van der Waals surface area (Å²) in [6.07, 6.45) is 13.4. The van der Waals surface area contributed by atoms with Crippen LogP contribution in [-0.4, -0.2) is 76.0 Å². The van der Waals surface area contributed by atoms with Gasteiger partial charge in [0.1, 0.15) is 31.5 Å². The number of rotatable bonds is 6. The SMILES string of the molecule is Cc1ccc2c(c1)C(=O)C(=O)/C2=C\c1nc2c(s1)-c1sc(/C=C3\C(=O)C(=O)c4cc(C(F)(F)F)ccc43)nc1C2(C)C.[C-]#[N+]/C(C#N)=C1\C=C(c2nc3c(s2)-c2sc(C4=C/C(=C(\C#N)[N+]#[C-])CCC4)nc2C32CCCCC2)CCC1.[C-]#[N+]C(C#N)=C1C(=Nc2nc3c(s2)-c2sc(N=C4C(=O)c5cc(F)c(F)cc5/C4=C(/C#N)[N+]#[C-])nc2C3(C)C)C(=O)c2cc(F)c(F)cc21. The van der Waals surface area contributed by atoms with Crippen LogP contribution in [0.25, 0.3) is 94.2 Å². The Morgan fingerprint density at radius 2 is 0.798 bits per heavy atom. The van der Waals surface area contributed by atoms with Gasteiger partial charge in [0.15, 0.2) is 23.3 Å². The fourth-order valence-electron chi connectivity index (χ4n) is 17.6. The molecule has 0 N–H and O–H groups in total. The number of ketones is 6. The number of allylic oxidation sites excluding steroid dienone is 14. The lowest BCUT2D eigenvalue weighted by Gasteiger charge is -2.32. The Labute approximate surface area is 751 Å².